The SMILES string of the molecule is CCOc1cc(/C=N\NC(=O)Cc2ccc(N)cc2)ccc1OCc1cccc(Cl)c1. The van der Waals surface area contributed by atoms with Crippen molar-refractivity contribution in [1.82, 2.24) is 5.43 Å². The van der Waals surface area contributed by atoms with E-state index in [1.54, 1.807) is 18.3 Å². The molecule has 0 aliphatic rings. The van der Waals surface area contributed by atoms with Gasteiger partial charge in [0.15, 0.2) is 11.5 Å². The molecule has 0 spiro atoms. The molecule has 0 radical (unpaired) electrons. The summed E-state index contributed by atoms with van der Waals surface area (Å²) in [5.74, 6) is 1.00. The molecule has 0 heterocycles. The Bertz CT molecular complexity index is 1050. The van der Waals surface area contributed by atoms with Crippen LogP contribution in [0.3, 0.4) is 0 Å². The second kappa shape index (κ2) is 11.0. The van der Waals surface area contributed by atoms with E-state index in [-0.39, 0.29) is 12.3 Å². The van der Waals surface area contributed by atoms with Gasteiger partial charge in [-0.3, -0.25) is 4.79 Å². The number of nitrogens with two attached hydrogens (primary N) is 1. The normalized spacial score (nSPS) is 10.8. The monoisotopic (exact) mass is 437 g/mol. The summed E-state index contributed by atoms with van der Waals surface area (Å²) >= 11 is 6.02. The molecule has 0 unspecified atom stereocenters. The van der Waals surface area contributed by atoms with E-state index < -0.39 is 0 Å². The van der Waals surface area contributed by atoms with Gasteiger partial charge in [0.2, 0.25) is 5.91 Å². The molecular weight excluding hydrogens is 414 g/mol. The van der Waals surface area contributed by atoms with Gasteiger partial charge in [0.25, 0.3) is 0 Å². The summed E-state index contributed by atoms with van der Waals surface area (Å²) in [5, 5.41) is 4.69. The van der Waals surface area contributed by atoms with Gasteiger partial charge < -0.3 is 15.2 Å². The zero-order chi connectivity index (χ0) is 22.1. The summed E-state index contributed by atoms with van der Waals surface area (Å²) in [6, 6.07) is 20.1. The lowest BCUT2D eigenvalue weighted by Crippen LogP contribution is -2.19. The molecule has 0 bridgehead atoms. The number of ether oxygens (including phenoxy) is 2. The van der Waals surface area contributed by atoms with E-state index in [2.05, 4.69) is 10.5 Å². The number of carbonyl (C=O) groups is 1. The van der Waals surface area contributed by atoms with Gasteiger partial charge in [-0.25, -0.2) is 5.43 Å². The zero-order valence-corrected chi connectivity index (χ0v) is 17.9. The highest BCUT2D eigenvalue weighted by Gasteiger charge is 2.07. The maximum absolute atomic E-state index is 12.0. The van der Waals surface area contributed by atoms with Gasteiger partial charge in [-0.1, -0.05) is 35.9 Å². The molecule has 0 saturated heterocycles. The fraction of sp³-hybridized carbons (Fsp3) is 0.167. The first-order chi connectivity index (χ1) is 15.0. The molecule has 1 amide bonds. The molecule has 0 aromatic heterocycles. The minimum atomic E-state index is -0.215. The van der Waals surface area contributed by atoms with Crippen LogP contribution < -0.4 is 20.6 Å². The van der Waals surface area contributed by atoms with Crippen molar-refractivity contribution in [2.45, 2.75) is 20.0 Å². The van der Waals surface area contributed by atoms with Crippen LogP contribution in [-0.2, 0) is 17.8 Å². The smallest absolute Gasteiger partial charge is 0.244 e. The first-order valence-corrected chi connectivity index (χ1v) is 10.2. The van der Waals surface area contributed by atoms with E-state index in [1.807, 2.05) is 61.5 Å². The number of anilines is 1. The Morgan fingerprint density at radius 1 is 1.03 bits per heavy atom. The Morgan fingerprint density at radius 2 is 1.84 bits per heavy atom. The van der Waals surface area contributed by atoms with Crippen molar-refractivity contribution in [2.75, 3.05) is 12.3 Å². The molecule has 0 aliphatic carbocycles. The van der Waals surface area contributed by atoms with Crippen LogP contribution in [0.15, 0.2) is 71.8 Å². The van der Waals surface area contributed by atoms with Gasteiger partial charge in [-0.2, -0.15) is 5.10 Å². The standard InChI is InChI=1S/C24H24ClN3O3/c1-2-30-23-13-18(8-11-22(23)31-16-19-4-3-5-20(25)12-19)15-27-28-24(29)14-17-6-9-21(26)10-7-17/h3-13,15H,2,14,16,26H2,1H3,(H,28,29)/b27-15-. The largest absolute Gasteiger partial charge is 0.490 e. The maximum Gasteiger partial charge on any atom is 0.244 e. The average Bonchev–Trinajstić information content (AvgIpc) is 2.75. The third-order valence-corrected chi connectivity index (χ3v) is 4.53. The lowest BCUT2D eigenvalue weighted by molar-refractivity contribution is -0.120. The van der Waals surface area contributed by atoms with E-state index >= 15 is 0 Å². The number of nitrogens with zero attached hydrogens (tertiary/aromatic N) is 1. The first kappa shape index (κ1) is 22.2. The molecule has 160 valence electrons. The third-order valence-electron chi connectivity index (χ3n) is 4.30. The van der Waals surface area contributed by atoms with Crippen molar-refractivity contribution in [3.8, 4) is 11.5 Å². The Morgan fingerprint density at radius 3 is 2.58 bits per heavy atom. The summed E-state index contributed by atoms with van der Waals surface area (Å²) in [7, 11) is 0. The summed E-state index contributed by atoms with van der Waals surface area (Å²) in [6.07, 6.45) is 1.78. The van der Waals surface area contributed by atoms with Crippen molar-refractivity contribution in [3.63, 3.8) is 0 Å². The Balaban J connectivity index is 1.60. The van der Waals surface area contributed by atoms with Crippen LogP contribution in [0.5, 0.6) is 11.5 Å². The number of rotatable bonds is 9. The van der Waals surface area contributed by atoms with Crippen LogP contribution in [0.2, 0.25) is 5.02 Å². The van der Waals surface area contributed by atoms with Gasteiger partial charge in [-0.15, -0.1) is 0 Å². The number of hydrazone groups is 1. The van der Waals surface area contributed by atoms with Gasteiger partial charge in [0.05, 0.1) is 19.2 Å². The van der Waals surface area contributed by atoms with Gasteiger partial charge in [-0.05, 0) is 66.1 Å². The topological polar surface area (TPSA) is 85.9 Å². The number of nitrogen functional groups attached to an aromatic ring is 1. The van der Waals surface area contributed by atoms with E-state index in [9.17, 15) is 4.79 Å². The zero-order valence-electron chi connectivity index (χ0n) is 17.2. The average molecular weight is 438 g/mol. The fourth-order valence-corrected chi connectivity index (χ4v) is 3.03. The highest BCUT2D eigenvalue weighted by atomic mass is 35.5. The number of nitrogens with one attached hydrogen (secondary N) is 1. The first-order valence-electron chi connectivity index (χ1n) is 9.84. The lowest BCUT2D eigenvalue weighted by Gasteiger charge is -2.12. The van der Waals surface area contributed by atoms with Gasteiger partial charge in [0, 0.05) is 10.7 Å². The minimum absolute atomic E-state index is 0.215. The number of carbonyl (C=O) groups excluding carboxylic acids is 1. The van der Waals surface area contributed by atoms with Crippen LogP contribution >= 0.6 is 11.6 Å². The quantitative estimate of drug-likeness (QED) is 0.291. The van der Waals surface area contributed by atoms with E-state index in [0.29, 0.717) is 35.4 Å². The molecule has 0 atom stereocenters. The summed E-state index contributed by atoms with van der Waals surface area (Å²) < 4.78 is 11.6. The molecule has 0 aliphatic heterocycles. The maximum atomic E-state index is 12.0. The van der Waals surface area contributed by atoms with Crippen LogP contribution in [-0.4, -0.2) is 18.7 Å². The second-order valence-electron chi connectivity index (χ2n) is 6.77. The Labute approximate surface area is 186 Å². The van der Waals surface area contributed by atoms with Crippen molar-refractivity contribution < 1.29 is 14.3 Å². The van der Waals surface area contributed by atoms with E-state index in [4.69, 9.17) is 26.8 Å². The van der Waals surface area contributed by atoms with Crippen LogP contribution in [0.25, 0.3) is 0 Å². The van der Waals surface area contributed by atoms with Gasteiger partial charge >= 0.3 is 0 Å². The number of hydrogen-bond acceptors (Lipinski definition) is 5. The lowest BCUT2D eigenvalue weighted by atomic mass is 10.1. The number of amides is 1. The minimum Gasteiger partial charge on any atom is -0.490 e. The molecule has 3 N–H and O–H groups in total. The van der Waals surface area contributed by atoms with Crippen molar-refractivity contribution in [3.05, 3.63) is 88.4 Å². The van der Waals surface area contributed by atoms with Crippen molar-refractivity contribution >= 4 is 29.4 Å². The molecule has 31 heavy (non-hydrogen) atoms. The molecule has 0 fully saturated rings. The van der Waals surface area contributed by atoms with E-state index in [0.717, 1.165) is 16.7 Å². The summed E-state index contributed by atoms with van der Waals surface area (Å²) in [4.78, 5) is 12.0. The Hall–Kier alpha value is -3.51. The van der Waals surface area contributed by atoms with E-state index in [1.165, 1.54) is 0 Å². The molecule has 0 saturated carbocycles. The fourth-order valence-electron chi connectivity index (χ4n) is 2.82. The van der Waals surface area contributed by atoms with Crippen LogP contribution in [0, 0.1) is 0 Å². The molecule has 6 nitrogen and oxygen atoms in total. The number of halogens is 1. The molecule has 3 rings (SSSR count). The Kier molecular flexibility index (Phi) is 7.90. The van der Waals surface area contributed by atoms with Crippen molar-refractivity contribution in [2.24, 2.45) is 5.10 Å². The van der Waals surface area contributed by atoms with Crippen molar-refractivity contribution in [1.29, 1.82) is 0 Å². The molecule has 3 aromatic carbocycles. The second-order valence-corrected chi connectivity index (χ2v) is 7.21. The highest BCUT2D eigenvalue weighted by Crippen LogP contribution is 2.29. The molecular formula is C24H24ClN3O3. The predicted molar refractivity (Wildman–Crippen MR) is 124 cm³/mol. The highest BCUT2D eigenvalue weighted by molar-refractivity contribution is 6.30. The third kappa shape index (κ3) is 7.04. The predicted octanol–water partition coefficient (Wildman–Crippen LogP) is 4.59. The molecule has 7 heteroatoms. The van der Waals surface area contributed by atoms with Crippen LogP contribution in [0.4, 0.5) is 5.69 Å². The summed E-state index contributed by atoms with van der Waals surface area (Å²) in [5.41, 5.74) is 11.4. The number of hydrogen-bond donors (Lipinski definition) is 2. The number of benzene rings is 3. The molecule has 3 aromatic rings. The van der Waals surface area contributed by atoms with Gasteiger partial charge in [0.1, 0.15) is 6.61 Å². The summed E-state index contributed by atoms with van der Waals surface area (Å²) in [6.45, 7) is 2.76. The van der Waals surface area contributed by atoms with Crippen LogP contribution in [0.1, 0.15) is 23.6 Å².